The van der Waals surface area contributed by atoms with Gasteiger partial charge in [-0.05, 0) is 45.2 Å². The van der Waals surface area contributed by atoms with Crippen molar-refractivity contribution in [3.05, 3.63) is 46.3 Å². The minimum absolute atomic E-state index is 0.0157. The van der Waals surface area contributed by atoms with Crippen LogP contribution in [-0.2, 0) is 16.4 Å². The Morgan fingerprint density at radius 3 is 2.45 bits per heavy atom. The first-order valence-corrected chi connectivity index (χ1v) is 12.4. The molecule has 0 amide bonds. The van der Waals surface area contributed by atoms with Gasteiger partial charge in [0.15, 0.2) is 9.84 Å². The minimum atomic E-state index is -2.91. The van der Waals surface area contributed by atoms with Crippen molar-refractivity contribution in [1.82, 2.24) is 14.7 Å². The van der Waals surface area contributed by atoms with Gasteiger partial charge in [-0.2, -0.15) is 5.10 Å². The molecular formula is C22H32N4O2S. The lowest BCUT2D eigenvalue weighted by Crippen LogP contribution is -2.46. The van der Waals surface area contributed by atoms with Crippen LogP contribution in [0.2, 0.25) is 0 Å². The van der Waals surface area contributed by atoms with Crippen molar-refractivity contribution < 1.29 is 8.42 Å². The van der Waals surface area contributed by atoms with Crippen LogP contribution < -0.4 is 4.90 Å². The fourth-order valence-electron chi connectivity index (χ4n) is 4.78. The molecule has 2 aromatic rings. The summed E-state index contributed by atoms with van der Waals surface area (Å²) in [5.74, 6) is 0.500. The fourth-order valence-corrected chi connectivity index (χ4v) is 6.47. The van der Waals surface area contributed by atoms with E-state index in [9.17, 15) is 8.42 Å². The molecule has 2 fully saturated rings. The van der Waals surface area contributed by atoms with E-state index < -0.39 is 9.84 Å². The summed E-state index contributed by atoms with van der Waals surface area (Å²) in [4.78, 5) is 4.95. The van der Waals surface area contributed by atoms with Crippen LogP contribution in [0.3, 0.4) is 0 Å². The van der Waals surface area contributed by atoms with Crippen LogP contribution in [0, 0.1) is 27.7 Å². The molecule has 0 saturated carbocycles. The summed E-state index contributed by atoms with van der Waals surface area (Å²) < 4.78 is 25.8. The summed E-state index contributed by atoms with van der Waals surface area (Å²) in [6, 6.07) is 6.68. The molecule has 158 valence electrons. The molecule has 2 aliphatic heterocycles. The molecule has 0 bridgehead atoms. The van der Waals surface area contributed by atoms with Gasteiger partial charge in [-0.3, -0.25) is 9.58 Å². The van der Waals surface area contributed by atoms with Gasteiger partial charge in [0.1, 0.15) is 0 Å². The maximum atomic E-state index is 11.9. The Bertz CT molecular complexity index is 1000. The van der Waals surface area contributed by atoms with Crippen molar-refractivity contribution in [2.24, 2.45) is 0 Å². The summed E-state index contributed by atoms with van der Waals surface area (Å²) >= 11 is 0. The van der Waals surface area contributed by atoms with Crippen LogP contribution in [0.5, 0.6) is 0 Å². The summed E-state index contributed by atoms with van der Waals surface area (Å²) in [5.41, 5.74) is 7.40. The first-order valence-electron chi connectivity index (χ1n) is 10.5. The predicted molar refractivity (Wildman–Crippen MR) is 117 cm³/mol. The quantitative estimate of drug-likeness (QED) is 0.767. The minimum Gasteiger partial charge on any atom is -0.366 e. The van der Waals surface area contributed by atoms with Crippen molar-refractivity contribution in [2.75, 3.05) is 42.6 Å². The highest BCUT2D eigenvalue weighted by Gasteiger charge is 2.32. The molecule has 3 heterocycles. The molecule has 0 radical (unpaired) electrons. The van der Waals surface area contributed by atoms with E-state index in [1.165, 1.54) is 22.4 Å². The lowest BCUT2D eigenvalue weighted by Gasteiger charge is -2.36. The number of rotatable bonds is 4. The number of sulfone groups is 1. The third-order valence-corrected chi connectivity index (χ3v) is 8.18. The Morgan fingerprint density at radius 1 is 1.07 bits per heavy atom. The smallest absolute Gasteiger partial charge is 0.152 e. The van der Waals surface area contributed by atoms with Crippen molar-refractivity contribution in [1.29, 1.82) is 0 Å². The van der Waals surface area contributed by atoms with Crippen LogP contribution in [0.4, 0.5) is 5.69 Å². The second-order valence-corrected chi connectivity index (χ2v) is 10.9. The van der Waals surface area contributed by atoms with Gasteiger partial charge >= 0.3 is 0 Å². The Balaban J connectivity index is 1.44. The third-order valence-electron chi connectivity index (χ3n) is 6.43. The van der Waals surface area contributed by atoms with Crippen LogP contribution >= 0.6 is 0 Å². The second kappa shape index (κ2) is 7.76. The second-order valence-electron chi connectivity index (χ2n) is 8.71. The molecule has 2 saturated heterocycles. The Labute approximate surface area is 174 Å². The van der Waals surface area contributed by atoms with Gasteiger partial charge < -0.3 is 4.90 Å². The Kier molecular flexibility index (Phi) is 5.46. The average molecular weight is 417 g/mol. The normalized spacial score (nSPS) is 22.3. The molecule has 1 aromatic heterocycles. The number of piperazine rings is 1. The predicted octanol–water partition coefficient (Wildman–Crippen LogP) is 2.80. The highest BCUT2D eigenvalue weighted by molar-refractivity contribution is 7.91. The summed E-state index contributed by atoms with van der Waals surface area (Å²) in [6.45, 7) is 13.5. The fraction of sp³-hybridized carbons (Fsp3) is 0.591. The topological polar surface area (TPSA) is 58.4 Å². The van der Waals surface area contributed by atoms with Gasteiger partial charge in [-0.15, -0.1) is 0 Å². The summed E-state index contributed by atoms with van der Waals surface area (Å²) in [6.07, 6.45) is 0.674. The maximum absolute atomic E-state index is 11.9. The number of hydrogen-bond donors (Lipinski definition) is 0. The van der Waals surface area contributed by atoms with E-state index in [0.29, 0.717) is 6.42 Å². The van der Waals surface area contributed by atoms with E-state index in [1.807, 2.05) is 11.6 Å². The third kappa shape index (κ3) is 4.21. The molecule has 0 aliphatic carbocycles. The first kappa shape index (κ1) is 20.4. The summed E-state index contributed by atoms with van der Waals surface area (Å²) in [7, 11) is -2.91. The van der Waals surface area contributed by atoms with Gasteiger partial charge in [-0.25, -0.2) is 8.42 Å². The zero-order valence-electron chi connectivity index (χ0n) is 18.0. The lowest BCUT2D eigenvalue weighted by atomic mass is 10.0. The highest BCUT2D eigenvalue weighted by Crippen LogP contribution is 2.31. The molecule has 1 atom stereocenters. The number of aromatic nitrogens is 2. The SMILES string of the molecule is Cc1ccc(C)c(CN2CCN(c3c(C)nn(C4CCS(=O)(=O)C4)c3C)CC2)c1. The van der Waals surface area contributed by atoms with E-state index >= 15 is 0 Å². The van der Waals surface area contributed by atoms with E-state index in [2.05, 4.69) is 48.8 Å². The number of hydrogen-bond acceptors (Lipinski definition) is 5. The highest BCUT2D eigenvalue weighted by atomic mass is 32.2. The first-order chi connectivity index (χ1) is 13.7. The number of benzene rings is 1. The van der Waals surface area contributed by atoms with E-state index in [-0.39, 0.29) is 17.5 Å². The maximum Gasteiger partial charge on any atom is 0.152 e. The van der Waals surface area contributed by atoms with Crippen molar-refractivity contribution in [2.45, 2.75) is 46.7 Å². The Morgan fingerprint density at radius 2 is 1.79 bits per heavy atom. The number of anilines is 1. The van der Waals surface area contributed by atoms with E-state index in [0.717, 1.165) is 44.1 Å². The summed E-state index contributed by atoms with van der Waals surface area (Å²) in [5, 5.41) is 4.74. The number of nitrogens with zero attached hydrogens (tertiary/aromatic N) is 4. The van der Waals surface area contributed by atoms with Crippen molar-refractivity contribution in [3.63, 3.8) is 0 Å². The standard InChI is InChI=1S/C22H32N4O2S/c1-16-5-6-17(2)20(13-16)14-24-8-10-25(11-9-24)22-18(3)23-26(19(22)4)21-7-12-29(27,28)15-21/h5-6,13,21H,7-12,14-15H2,1-4H3. The van der Waals surface area contributed by atoms with Crippen molar-refractivity contribution >= 4 is 15.5 Å². The largest absolute Gasteiger partial charge is 0.366 e. The zero-order valence-corrected chi connectivity index (χ0v) is 18.8. The van der Waals surface area contributed by atoms with Gasteiger partial charge in [0, 0.05) is 32.7 Å². The number of aryl methyl sites for hydroxylation is 3. The molecule has 7 heteroatoms. The zero-order chi connectivity index (χ0) is 20.8. The lowest BCUT2D eigenvalue weighted by molar-refractivity contribution is 0.249. The molecule has 1 aromatic carbocycles. The van der Waals surface area contributed by atoms with Crippen LogP contribution in [0.15, 0.2) is 18.2 Å². The van der Waals surface area contributed by atoms with Gasteiger partial charge in [0.2, 0.25) is 0 Å². The van der Waals surface area contributed by atoms with E-state index in [4.69, 9.17) is 5.10 Å². The van der Waals surface area contributed by atoms with Gasteiger partial charge in [-0.1, -0.05) is 23.8 Å². The molecule has 4 rings (SSSR count). The molecule has 2 aliphatic rings. The van der Waals surface area contributed by atoms with Crippen LogP contribution in [-0.4, -0.2) is 60.8 Å². The Hall–Kier alpha value is -1.86. The van der Waals surface area contributed by atoms with Crippen LogP contribution in [0.1, 0.15) is 40.5 Å². The monoisotopic (exact) mass is 416 g/mol. The molecule has 1 unspecified atom stereocenters. The molecule has 0 spiro atoms. The molecule has 0 N–H and O–H groups in total. The van der Waals surface area contributed by atoms with Gasteiger partial charge in [0.05, 0.1) is 34.6 Å². The average Bonchev–Trinajstić information content (AvgIpc) is 3.17. The van der Waals surface area contributed by atoms with E-state index in [1.54, 1.807) is 0 Å². The van der Waals surface area contributed by atoms with Crippen molar-refractivity contribution in [3.8, 4) is 0 Å². The van der Waals surface area contributed by atoms with Gasteiger partial charge in [0.25, 0.3) is 0 Å². The molecular weight excluding hydrogens is 384 g/mol. The molecule has 6 nitrogen and oxygen atoms in total. The van der Waals surface area contributed by atoms with Crippen LogP contribution in [0.25, 0.3) is 0 Å². The molecule has 29 heavy (non-hydrogen) atoms.